The van der Waals surface area contributed by atoms with Gasteiger partial charge in [0, 0.05) is 29.7 Å². The minimum absolute atomic E-state index is 0.619. The van der Waals surface area contributed by atoms with Gasteiger partial charge in [-0.3, -0.25) is 0 Å². The van der Waals surface area contributed by atoms with Gasteiger partial charge in [-0.2, -0.15) is 0 Å². The standard InChI is InChI=1S/C19H30N2/c1-5-7-8-16(6-2)13-21-15(4)14(3)18-11-17(12-20)9-10-19(18)21/h9-11,16H,5-8,12-13,20H2,1-4H3. The summed E-state index contributed by atoms with van der Waals surface area (Å²) in [5, 5.41) is 1.38. The van der Waals surface area contributed by atoms with Crippen molar-refractivity contribution in [2.75, 3.05) is 0 Å². The average Bonchev–Trinajstić information content (AvgIpc) is 2.75. The Morgan fingerprint density at radius 2 is 1.95 bits per heavy atom. The van der Waals surface area contributed by atoms with Crippen LogP contribution in [0.15, 0.2) is 18.2 Å². The number of rotatable bonds is 7. The fourth-order valence-electron chi connectivity index (χ4n) is 3.23. The van der Waals surface area contributed by atoms with Gasteiger partial charge < -0.3 is 10.3 Å². The molecule has 0 saturated carbocycles. The molecule has 1 atom stereocenters. The Bertz CT molecular complexity index is 595. The van der Waals surface area contributed by atoms with Gasteiger partial charge in [-0.1, -0.05) is 39.2 Å². The van der Waals surface area contributed by atoms with E-state index in [4.69, 9.17) is 5.73 Å². The number of fused-ring (bicyclic) bond motifs is 1. The molecule has 0 amide bonds. The van der Waals surface area contributed by atoms with Crippen molar-refractivity contribution in [2.45, 2.75) is 66.5 Å². The third kappa shape index (κ3) is 3.32. The lowest BCUT2D eigenvalue weighted by Crippen LogP contribution is -2.11. The maximum Gasteiger partial charge on any atom is 0.0485 e. The number of aryl methyl sites for hydroxylation is 1. The molecule has 1 aromatic carbocycles. The first-order valence-corrected chi connectivity index (χ1v) is 8.40. The second-order valence-corrected chi connectivity index (χ2v) is 6.29. The summed E-state index contributed by atoms with van der Waals surface area (Å²) in [7, 11) is 0. The largest absolute Gasteiger partial charge is 0.344 e. The number of nitrogens with two attached hydrogens (primary N) is 1. The monoisotopic (exact) mass is 286 g/mol. The minimum Gasteiger partial charge on any atom is -0.344 e. The summed E-state index contributed by atoms with van der Waals surface area (Å²) >= 11 is 0. The van der Waals surface area contributed by atoms with E-state index in [1.807, 2.05) is 0 Å². The normalized spacial score (nSPS) is 13.0. The highest BCUT2D eigenvalue weighted by molar-refractivity contribution is 5.86. The van der Waals surface area contributed by atoms with Gasteiger partial charge in [-0.05, 0) is 49.4 Å². The van der Waals surface area contributed by atoms with Crippen molar-refractivity contribution < 1.29 is 0 Å². The number of nitrogens with zero attached hydrogens (tertiary/aromatic N) is 1. The molecule has 2 heteroatoms. The van der Waals surface area contributed by atoms with Crippen LogP contribution in [0.5, 0.6) is 0 Å². The van der Waals surface area contributed by atoms with Crippen molar-refractivity contribution in [1.29, 1.82) is 0 Å². The zero-order chi connectivity index (χ0) is 15.4. The van der Waals surface area contributed by atoms with E-state index in [0.717, 1.165) is 12.5 Å². The molecule has 0 aliphatic carbocycles. The van der Waals surface area contributed by atoms with Gasteiger partial charge in [0.1, 0.15) is 0 Å². The highest BCUT2D eigenvalue weighted by Gasteiger charge is 2.14. The molecular formula is C19H30N2. The number of hydrogen-bond donors (Lipinski definition) is 1. The highest BCUT2D eigenvalue weighted by Crippen LogP contribution is 2.28. The minimum atomic E-state index is 0.619. The van der Waals surface area contributed by atoms with Gasteiger partial charge >= 0.3 is 0 Å². The Kier molecular flexibility index (Phi) is 5.46. The molecule has 0 aliphatic heterocycles. The number of hydrogen-bond acceptors (Lipinski definition) is 1. The van der Waals surface area contributed by atoms with Gasteiger partial charge in [0.05, 0.1) is 0 Å². The third-order valence-corrected chi connectivity index (χ3v) is 4.92. The Morgan fingerprint density at radius 1 is 1.19 bits per heavy atom. The molecule has 1 unspecified atom stereocenters. The van der Waals surface area contributed by atoms with Crippen LogP contribution in [-0.4, -0.2) is 4.57 Å². The Labute approximate surface area is 129 Å². The van der Waals surface area contributed by atoms with E-state index in [9.17, 15) is 0 Å². The van der Waals surface area contributed by atoms with Gasteiger partial charge in [-0.15, -0.1) is 0 Å². The first-order chi connectivity index (χ1) is 10.1. The van der Waals surface area contributed by atoms with E-state index in [-0.39, 0.29) is 0 Å². The molecule has 2 aromatic rings. The molecule has 0 bridgehead atoms. The summed E-state index contributed by atoms with van der Waals surface area (Å²) in [4.78, 5) is 0. The van der Waals surface area contributed by atoms with E-state index in [1.165, 1.54) is 53.4 Å². The van der Waals surface area contributed by atoms with Crippen molar-refractivity contribution in [3.8, 4) is 0 Å². The van der Waals surface area contributed by atoms with Crippen LogP contribution in [0.25, 0.3) is 10.9 Å². The van der Waals surface area contributed by atoms with Crippen molar-refractivity contribution in [1.82, 2.24) is 4.57 Å². The fraction of sp³-hybridized carbons (Fsp3) is 0.579. The molecule has 0 fully saturated rings. The second-order valence-electron chi connectivity index (χ2n) is 6.29. The quantitative estimate of drug-likeness (QED) is 0.768. The SMILES string of the molecule is CCCCC(CC)Cn1c(C)c(C)c2cc(CN)ccc21. The van der Waals surface area contributed by atoms with Crippen molar-refractivity contribution in [3.63, 3.8) is 0 Å². The number of unbranched alkanes of at least 4 members (excludes halogenated alkanes) is 1. The van der Waals surface area contributed by atoms with Crippen LogP contribution in [-0.2, 0) is 13.1 Å². The van der Waals surface area contributed by atoms with Gasteiger partial charge in [0.2, 0.25) is 0 Å². The van der Waals surface area contributed by atoms with Crippen LogP contribution < -0.4 is 5.73 Å². The van der Waals surface area contributed by atoms with Gasteiger partial charge in [-0.25, -0.2) is 0 Å². The van der Waals surface area contributed by atoms with Gasteiger partial charge in [0.15, 0.2) is 0 Å². The zero-order valence-corrected chi connectivity index (χ0v) is 14.1. The Hall–Kier alpha value is -1.28. The first-order valence-electron chi connectivity index (χ1n) is 8.40. The molecule has 2 N–H and O–H groups in total. The average molecular weight is 286 g/mol. The Morgan fingerprint density at radius 3 is 2.57 bits per heavy atom. The van der Waals surface area contributed by atoms with E-state index < -0.39 is 0 Å². The molecule has 116 valence electrons. The summed E-state index contributed by atoms with van der Waals surface area (Å²) in [6.07, 6.45) is 5.24. The smallest absolute Gasteiger partial charge is 0.0485 e. The second kappa shape index (κ2) is 7.13. The lowest BCUT2D eigenvalue weighted by atomic mass is 9.99. The van der Waals surface area contributed by atoms with E-state index in [2.05, 4.69) is 50.5 Å². The molecule has 1 heterocycles. The fourth-order valence-corrected chi connectivity index (χ4v) is 3.23. The maximum absolute atomic E-state index is 5.79. The predicted molar refractivity (Wildman–Crippen MR) is 92.6 cm³/mol. The Balaban J connectivity index is 2.37. The topological polar surface area (TPSA) is 30.9 Å². The number of aromatic nitrogens is 1. The molecule has 2 nitrogen and oxygen atoms in total. The van der Waals surface area contributed by atoms with Crippen molar-refractivity contribution in [3.05, 3.63) is 35.0 Å². The van der Waals surface area contributed by atoms with Crippen LogP contribution in [0.2, 0.25) is 0 Å². The molecule has 1 aromatic heterocycles. The summed E-state index contributed by atoms with van der Waals surface area (Å²) in [6, 6.07) is 6.69. The first kappa shape index (κ1) is 16.1. The summed E-state index contributed by atoms with van der Waals surface area (Å²) in [6.45, 7) is 10.9. The zero-order valence-electron chi connectivity index (χ0n) is 14.1. The van der Waals surface area contributed by atoms with Crippen LogP contribution in [0, 0.1) is 19.8 Å². The molecule has 0 aliphatic rings. The van der Waals surface area contributed by atoms with E-state index in [0.29, 0.717) is 6.54 Å². The van der Waals surface area contributed by atoms with Crippen molar-refractivity contribution >= 4 is 10.9 Å². The summed E-state index contributed by atoms with van der Waals surface area (Å²) < 4.78 is 2.52. The maximum atomic E-state index is 5.79. The molecule has 0 radical (unpaired) electrons. The summed E-state index contributed by atoms with van der Waals surface area (Å²) in [5.41, 5.74) is 11.2. The van der Waals surface area contributed by atoms with Crippen LogP contribution >= 0.6 is 0 Å². The molecular weight excluding hydrogens is 256 g/mol. The molecule has 0 spiro atoms. The molecule has 0 saturated heterocycles. The number of benzene rings is 1. The van der Waals surface area contributed by atoms with Gasteiger partial charge in [0.25, 0.3) is 0 Å². The van der Waals surface area contributed by atoms with E-state index >= 15 is 0 Å². The highest BCUT2D eigenvalue weighted by atomic mass is 15.0. The summed E-state index contributed by atoms with van der Waals surface area (Å²) in [5.74, 6) is 0.785. The van der Waals surface area contributed by atoms with Crippen LogP contribution in [0.1, 0.15) is 56.4 Å². The van der Waals surface area contributed by atoms with Crippen molar-refractivity contribution in [2.24, 2.45) is 11.7 Å². The lowest BCUT2D eigenvalue weighted by molar-refractivity contribution is 0.393. The third-order valence-electron chi connectivity index (χ3n) is 4.92. The van der Waals surface area contributed by atoms with E-state index in [1.54, 1.807) is 0 Å². The predicted octanol–water partition coefficient (Wildman–Crippen LogP) is 4.93. The van der Waals surface area contributed by atoms with Crippen LogP contribution in [0.3, 0.4) is 0 Å². The lowest BCUT2D eigenvalue weighted by Gasteiger charge is -2.18. The van der Waals surface area contributed by atoms with Crippen LogP contribution in [0.4, 0.5) is 0 Å². The molecule has 2 rings (SSSR count). The molecule has 21 heavy (non-hydrogen) atoms.